The summed E-state index contributed by atoms with van der Waals surface area (Å²) in [6.07, 6.45) is 3.94. The molecule has 1 heterocycles. The van der Waals surface area contributed by atoms with Gasteiger partial charge in [0.25, 0.3) is 0 Å². The van der Waals surface area contributed by atoms with Crippen LogP contribution in [-0.2, 0) is 6.42 Å². The minimum Gasteiger partial charge on any atom is -0.316 e. The lowest BCUT2D eigenvalue weighted by molar-refractivity contribution is 0.122. The summed E-state index contributed by atoms with van der Waals surface area (Å²) in [5.41, 5.74) is 1.50. The molecule has 1 saturated heterocycles. The van der Waals surface area contributed by atoms with Crippen LogP contribution in [0, 0.1) is 5.92 Å². The van der Waals surface area contributed by atoms with Gasteiger partial charge in [-0.2, -0.15) is 0 Å². The molecule has 1 aromatic carbocycles. The molecule has 0 bridgehead atoms. The van der Waals surface area contributed by atoms with E-state index in [4.69, 9.17) is 0 Å². The monoisotopic (exact) mass is 260 g/mol. The molecule has 0 radical (unpaired) electrons. The summed E-state index contributed by atoms with van der Waals surface area (Å²) >= 11 is 0. The van der Waals surface area contributed by atoms with Gasteiger partial charge in [-0.05, 0) is 64.7 Å². The zero-order valence-electron chi connectivity index (χ0n) is 12.6. The molecule has 0 amide bonds. The molecule has 2 nitrogen and oxygen atoms in total. The maximum Gasteiger partial charge on any atom is 0.0218 e. The normalized spacial score (nSPS) is 21.2. The van der Waals surface area contributed by atoms with E-state index in [1.54, 1.807) is 0 Å². The predicted molar refractivity (Wildman–Crippen MR) is 82.4 cm³/mol. The van der Waals surface area contributed by atoms with Crippen LogP contribution in [0.15, 0.2) is 30.3 Å². The first kappa shape index (κ1) is 14.5. The van der Waals surface area contributed by atoms with Gasteiger partial charge in [-0.25, -0.2) is 0 Å². The van der Waals surface area contributed by atoms with Crippen molar-refractivity contribution < 1.29 is 0 Å². The number of hydrogen-bond donors (Lipinski definition) is 1. The minimum atomic E-state index is 0.575. The Morgan fingerprint density at radius 1 is 1.16 bits per heavy atom. The van der Waals surface area contributed by atoms with Crippen molar-refractivity contribution in [3.63, 3.8) is 0 Å². The number of likely N-dealkylation sites (N-methyl/N-ethyl adjacent to an activating group) is 1. The standard InChI is InChI=1S/C17H28N2/c1-14(18-3)15(2)19-11-9-17(10-12-19)13-16-7-5-4-6-8-16/h4-8,14-15,17-18H,9-13H2,1-3H3. The summed E-state index contributed by atoms with van der Waals surface area (Å²) in [6.45, 7) is 7.13. The smallest absolute Gasteiger partial charge is 0.0218 e. The highest BCUT2D eigenvalue weighted by Gasteiger charge is 2.25. The molecule has 2 atom stereocenters. The van der Waals surface area contributed by atoms with E-state index in [0.29, 0.717) is 12.1 Å². The average molecular weight is 260 g/mol. The van der Waals surface area contributed by atoms with Gasteiger partial charge in [0.2, 0.25) is 0 Å². The van der Waals surface area contributed by atoms with Gasteiger partial charge >= 0.3 is 0 Å². The van der Waals surface area contributed by atoms with Gasteiger partial charge in [0.05, 0.1) is 0 Å². The quantitative estimate of drug-likeness (QED) is 0.875. The van der Waals surface area contributed by atoms with Crippen molar-refractivity contribution in [3.05, 3.63) is 35.9 Å². The van der Waals surface area contributed by atoms with Crippen molar-refractivity contribution in [1.82, 2.24) is 10.2 Å². The van der Waals surface area contributed by atoms with Crippen LogP contribution in [-0.4, -0.2) is 37.1 Å². The Hall–Kier alpha value is -0.860. The Labute approximate surface area is 118 Å². The second-order valence-corrected chi connectivity index (χ2v) is 5.99. The van der Waals surface area contributed by atoms with Gasteiger partial charge in [0, 0.05) is 12.1 Å². The molecule has 19 heavy (non-hydrogen) atoms. The fourth-order valence-corrected chi connectivity index (χ4v) is 3.07. The van der Waals surface area contributed by atoms with Crippen molar-refractivity contribution in [2.45, 2.75) is 45.2 Å². The zero-order chi connectivity index (χ0) is 13.7. The number of likely N-dealkylation sites (tertiary alicyclic amines) is 1. The van der Waals surface area contributed by atoms with Gasteiger partial charge in [-0.1, -0.05) is 30.3 Å². The van der Waals surface area contributed by atoms with Crippen molar-refractivity contribution in [1.29, 1.82) is 0 Å². The first-order valence-electron chi connectivity index (χ1n) is 7.66. The number of piperidine rings is 1. The molecule has 2 unspecified atom stereocenters. The molecule has 106 valence electrons. The lowest BCUT2D eigenvalue weighted by Crippen LogP contribution is -2.49. The van der Waals surface area contributed by atoms with E-state index >= 15 is 0 Å². The van der Waals surface area contributed by atoms with Crippen LogP contribution < -0.4 is 5.32 Å². The zero-order valence-corrected chi connectivity index (χ0v) is 12.6. The van der Waals surface area contributed by atoms with Crippen molar-refractivity contribution in [2.75, 3.05) is 20.1 Å². The summed E-state index contributed by atoms with van der Waals surface area (Å²) in [6, 6.07) is 12.2. The Bertz CT molecular complexity index is 355. The third-order valence-corrected chi connectivity index (χ3v) is 4.77. The van der Waals surface area contributed by atoms with Crippen LogP contribution in [0.5, 0.6) is 0 Å². The molecular formula is C17H28N2. The topological polar surface area (TPSA) is 15.3 Å². The molecule has 1 aromatic rings. The van der Waals surface area contributed by atoms with Crippen LogP contribution in [0.3, 0.4) is 0 Å². The van der Waals surface area contributed by atoms with Crippen LogP contribution in [0.4, 0.5) is 0 Å². The first-order chi connectivity index (χ1) is 9.20. The molecule has 0 aliphatic carbocycles. The van der Waals surface area contributed by atoms with Gasteiger partial charge in [0.1, 0.15) is 0 Å². The van der Waals surface area contributed by atoms with E-state index < -0.39 is 0 Å². The van der Waals surface area contributed by atoms with Gasteiger partial charge < -0.3 is 5.32 Å². The Morgan fingerprint density at radius 3 is 2.37 bits per heavy atom. The van der Waals surface area contributed by atoms with E-state index in [1.165, 1.54) is 37.9 Å². The lowest BCUT2D eigenvalue weighted by atomic mass is 9.89. The molecule has 1 aliphatic rings. The number of nitrogens with zero attached hydrogens (tertiary/aromatic N) is 1. The molecule has 1 aliphatic heterocycles. The van der Waals surface area contributed by atoms with Crippen molar-refractivity contribution in [3.8, 4) is 0 Å². The molecular weight excluding hydrogens is 232 g/mol. The third kappa shape index (κ3) is 4.05. The summed E-state index contributed by atoms with van der Waals surface area (Å²) in [7, 11) is 2.06. The minimum absolute atomic E-state index is 0.575. The Kier molecular flexibility index (Phi) is 5.41. The Morgan fingerprint density at radius 2 is 1.79 bits per heavy atom. The largest absolute Gasteiger partial charge is 0.316 e. The highest BCUT2D eigenvalue weighted by atomic mass is 15.2. The van der Waals surface area contributed by atoms with E-state index in [0.717, 1.165) is 5.92 Å². The van der Waals surface area contributed by atoms with Crippen LogP contribution in [0.25, 0.3) is 0 Å². The van der Waals surface area contributed by atoms with E-state index in [9.17, 15) is 0 Å². The Balaban J connectivity index is 1.79. The predicted octanol–water partition coefficient (Wildman–Crippen LogP) is 2.94. The molecule has 2 heteroatoms. The highest BCUT2D eigenvalue weighted by molar-refractivity contribution is 5.15. The summed E-state index contributed by atoms with van der Waals surface area (Å²) in [5, 5.41) is 3.37. The van der Waals surface area contributed by atoms with Gasteiger partial charge in [-0.3, -0.25) is 4.90 Å². The average Bonchev–Trinajstić information content (AvgIpc) is 2.47. The maximum absolute atomic E-state index is 3.37. The summed E-state index contributed by atoms with van der Waals surface area (Å²) in [5.74, 6) is 0.871. The molecule has 2 rings (SSSR count). The molecule has 0 spiro atoms. The summed E-state index contributed by atoms with van der Waals surface area (Å²) in [4.78, 5) is 2.64. The summed E-state index contributed by atoms with van der Waals surface area (Å²) < 4.78 is 0. The molecule has 0 aromatic heterocycles. The second kappa shape index (κ2) is 7.06. The van der Waals surface area contributed by atoms with Crippen molar-refractivity contribution >= 4 is 0 Å². The molecule has 1 fully saturated rings. The van der Waals surface area contributed by atoms with E-state index in [2.05, 4.69) is 61.4 Å². The van der Waals surface area contributed by atoms with Crippen molar-refractivity contribution in [2.24, 2.45) is 5.92 Å². The number of nitrogens with one attached hydrogen (secondary N) is 1. The molecule has 0 saturated carbocycles. The SMILES string of the molecule is CNC(C)C(C)N1CCC(Cc2ccccc2)CC1. The lowest BCUT2D eigenvalue weighted by Gasteiger charge is -2.38. The first-order valence-corrected chi connectivity index (χ1v) is 7.66. The fourth-order valence-electron chi connectivity index (χ4n) is 3.07. The number of rotatable bonds is 5. The fraction of sp³-hybridized carbons (Fsp3) is 0.647. The van der Waals surface area contributed by atoms with E-state index in [1.807, 2.05) is 0 Å². The van der Waals surface area contributed by atoms with Crippen LogP contribution >= 0.6 is 0 Å². The number of hydrogen-bond acceptors (Lipinski definition) is 2. The second-order valence-electron chi connectivity index (χ2n) is 5.99. The third-order valence-electron chi connectivity index (χ3n) is 4.77. The molecule has 1 N–H and O–H groups in total. The van der Waals surface area contributed by atoms with Crippen LogP contribution in [0.1, 0.15) is 32.3 Å². The van der Waals surface area contributed by atoms with E-state index in [-0.39, 0.29) is 0 Å². The van der Waals surface area contributed by atoms with Crippen LogP contribution in [0.2, 0.25) is 0 Å². The van der Waals surface area contributed by atoms with Gasteiger partial charge in [-0.15, -0.1) is 0 Å². The van der Waals surface area contributed by atoms with Gasteiger partial charge in [0.15, 0.2) is 0 Å². The highest BCUT2D eigenvalue weighted by Crippen LogP contribution is 2.23. The maximum atomic E-state index is 3.37. The number of benzene rings is 1.